The third-order valence-electron chi connectivity index (χ3n) is 4.56. The van der Waals surface area contributed by atoms with Crippen molar-refractivity contribution in [1.29, 1.82) is 0 Å². The normalized spacial score (nSPS) is 25.6. The Bertz CT molecular complexity index is 553. The first-order valence-electron chi connectivity index (χ1n) is 7.92. The summed E-state index contributed by atoms with van der Waals surface area (Å²) in [4.78, 5) is 24.0. The highest BCUT2D eigenvalue weighted by molar-refractivity contribution is 5.92. The molecule has 5 heteroatoms. The maximum atomic E-state index is 12.3. The van der Waals surface area contributed by atoms with Crippen LogP contribution in [0.4, 0.5) is 0 Å². The zero-order chi connectivity index (χ0) is 15.4. The lowest BCUT2D eigenvalue weighted by molar-refractivity contribution is 0.0883. The van der Waals surface area contributed by atoms with Crippen LogP contribution >= 0.6 is 0 Å². The number of rotatable bonds is 4. The highest BCUT2D eigenvalue weighted by Crippen LogP contribution is 2.29. The van der Waals surface area contributed by atoms with Crippen molar-refractivity contribution in [2.75, 3.05) is 0 Å². The highest BCUT2D eigenvalue weighted by atomic mass is 16.2. The van der Waals surface area contributed by atoms with Gasteiger partial charge >= 0.3 is 0 Å². The minimum Gasteiger partial charge on any atom is -0.348 e. The molecule has 1 aliphatic carbocycles. The van der Waals surface area contributed by atoms with Gasteiger partial charge in [0.15, 0.2) is 0 Å². The number of carbonyl (C=O) groups is 1. The Morgan fingerprint density at radius 1 is 1.38 bits per heavy atom. The Balaban J connectivity index is 2.09. The van der Waals surface area contributed by atoms with Crippen molar-refractivity contribution < 1.29 is 4.79 Å². The second-order valence-corrected chi connectivity index (χ2v) is 6.13. The van der Waals surface area contributed by atoms with Gasteiger partial charge in [-0.3, -0.25) is 9.59 Å². The van der Waals surface area contributed by atoms with E-state index in [9.17, 15) is 9.59 Å². The van der Waals surface area contributed by atoms with Gasteiger partial charge in [0, 0.05) is 18.7 Å². The molecule has 1 N–H and O–H groups in total. The predicted octanol–water partition coefficient (Wildman–Crippen LogP) is 2.21. The Morgan fingerprint density at radius 3 is 2.86 bits per heavy atom. The van der Waals surface area contributed by atoms with Gasteiger partial charge in [0.25, 0.3) is 11.5 Å². The molecule has 1 amide bonds. The second-order valence-electron chi connectivity index (χ2n) is 6.13. The van der Waals surface area contributed by atoms with Crippen molar-refractivity contribution in [2.45, 2.75) is 59.0 Å². The summed E-state index contributed by atoms with van der Waals surface area (Å²) in [5, 5.41) is 7.25. The second kappa shape index (κ2) is 6.87. The maximum absolute atomic E-state index is 12.3. The molecule has 0 spiro atoms. The van der Waals surface area contributed by atoms with Crippen LogP contribution in [-0.2, 0) is 6.54 Å². The Kier molecular flexibility index (Phi) is 5.15. The molecular weight excluding hydrogens is 266 g/mol. The molecule has 116 valence electrons. The summed E-state index contributed by atoms with van der Waals surface area (Å²) in [6.07, 6.45) is 4.22. The number of amides is 1. The van der Waals surface area contributed by atoms with Crippen LogP contribution in [0.2, 0.25) is 0 Å². The lowest BCUT2D eigenvalue weighted by Crippen LogP contribution is -2.44. The summed E-state index contributed by atoms with van der Waals surface area (Å²) < 4.78 is 1.36. The molecule has 21 heavy (non-hydrogen) atoms. The third-order valence-corrected chi connectivity index (χ3v) is 4.56. The number of nitrogens with one attached hydrogen (secondary N) is 1. The molecule has 5 nitrogen and oxygen atoms in total. The molecule has 0 aliphatic heterocycles. The first-order valence-corrected chi connectivity index (χ1v) is 7.92. The lowest BCUT2D eigenvalue weighted by Gasteiger charge is -2.34. The van der Waals surface area contributed by atoms with E-state index in [-0.39, 0.29) is 17.5 Å². The SMILES string of the molecule is CCCn1nc(C(=O)NC2CCCC(C)C2C)ccc1=O. The summed E-state index contributed by atoms with van der Waals surface area (Å²) >= 11 is 0. The molecule has 3 atom stereocenters. The fourth-order valence-electron chi connectivity index (χ4n) is 2.97. The van der Waals surface area contributed by atoms with Crippen LogP contribution in [0.1, 0.15) is 56.9 Å². The molecule has 1 saturated carbocycles. The highest BCUT2D eigenvalue weighted by Gasteiger charge is 2.28. The largest absolute Gasteiger partial charge is 0.348 e. The average molecular weight is 291 g/mol. The molecule has 1 aliphatic rings. The van der Waals surface area contributed by atoms with Gasteiger partial charge in [0.1, 0.15) is 5.69 Å². The van der Waals surface area contributed by atoms with Crippen LogP contribution in [0.5, 0.6) is 0 Å². The topological polar surface area (TPSA) is 64.0 Å². The van der Waals surface area contributed by atoms with Crippen LogP contribution in [0, 0.1) is 11.8 Å². The van der Waals surface area contributed by atoms with Gasteiger partial charge in [-0.25, -0.2) is 4.68 Å². The van der Waals surface area contributed by atoms with Gasteiger partial charge < -0.3 is 5.32 Å². The van der Waals surface area contributed by atoms with E-state index in [4.69, 9.17) is 0 Å². The van der Waals surface area contributed by atoms with Crippen molar-refractivity contribution >= 4 is 5.91 Å². The number of hydrogen-bond donors (Lipinski definition) is 1. The van der Waals surface area contributed by atoms with E-state index < -0.39 is 0 Å². The monoisotopic (exact) mass is 291 g/mol. The van der Waals surface area contributed by atoms with Gasteiger partial charge in [-0.2, -0.15) is 5.10 Å². The molecule has 1 fully saturated rings. The Labute approximate surface area is 125 Å². The zero-order valence-corrected chi connectivity index (χ0v) is 13.1. The molecule has 0 aromatic carbocycles. The maximum Gasteiger partial charge on any atom is 0.271 e. The van der Waals surface area contributed by atoms with Crippen molar-refractivity contribution in [3.8, 4) is 0 Å². The predicted molar refractivity (Wildman–Crippen MR) is 82.2 cm³/mol. The number of aryl methyl sites for hydroxylation is 1. The third kappa shape index (κ3) is 3.71. The Morgan fingerprint density at radius 2 is 2.14 bits per heavy atom. The quantitative estimate of drug-likeness (QED) is 0.925. The smallest absolute Gasteiger partial charge is 0.271 e. The van der Waals surface area contributed by atoms with E-state index in [2.05, 4.69) is 24.3 Å². The van der Waals surface area contributed by atoms with Gasteiger partial charge in [-0.05, 0) is 30.7 Å². The van der Waals surface area contributed by atoms with Gasteiger partial charge in [-0.15, -0.1) is 0 Å². The zero-order valence-electron chi connectivity index (χ0n) is 13.1. The van der Waals surface area contributed by atoms with Gasteiger partial charge in [0.05, 0.1) is 0 Å². The van der Waals surface area contributed by atoms with Crippen LogP contribution < -0.4 is 10.9 Å². The molecule has 1 heterocycles. The summed E-state index contributed by atoms with van der Waals surface area (Å²) in [5.41, 5.74) is 0.168. The summed E-state index contributed by atoms with van der Waals surface area (Å²) in [7, 11) is 0. The summed E-state index contributed by atoms with van der Waals surface area (Å²) in [6, 6.07) is 3.14. The molecule has 3 unspecified atom stereocenters. The molecule has 0 radical (unpaired) electrons. The molecule has 0 saturated heterocycles. The molecule has 2 rings (SSSR count). The summed E-state index contributed by atoms with van der Waals surface area (Å²) in [5.74, 6) is 0.932. The number of carbonyl (C=O) groups excluding carboxylic acids is 1. The van der Waals surface area contributed by atoms with Crippen LogP contribution in [0.3, 0.4) is 0 Å². The van der Waals surface area contributed by atoms with E-state index >= 15 is 0 Å². The number of hydrogen-bond acceptors (Lipinski definition) is 3. The van der Waals surface area contributed by atoms with Crippen LogP contribution in [-0.4, -0.2) is 21.7 Å². The van der Waals surface area contributed by atoms with Crippen molar-refractivity contribution in [2.24, 2.45) is 11.8 Å². The Hall–Kier alpha value is -1.65. The standard InChI is InChI=1S/C16H25N3O2/c1-4-10-19-15(20)9-8-14(18-19)16(21)17-13-7-5-6-11(2)12(13)3/h8-9,11-13H,4-7,10H2,1-3H3,(H,17,21). The minimum absolute atomic E-state index is 0.159. The number of nitrogens with zero attached hydrogens (tertiary/aromatic N) is 2. The van der Waals surface area contributed by atoms with E-state index in [1.807, 2.05) is 6.92 Å². The van der Waals surface area contributed by atoms with E-state index in [1.165, 1.54) is 23.2 Å². The van der Waals surface area contributed by atoms with Gasteiger partial charge in [-0.1, -0.05) is 33.6 Å². The van der Waals surface area contributed by atoms with E-state index in [0.29, 0.717) is 24.1 Å². The van der Waals surface area contributed by atoms with Crippen molar-refractivity contribution in [3.63, 3.8) is 0 Å². The number of aromatic nitrogens is 2. The first kappa shape index (κ1) is 15.7. The average Bonchev–Trinajstić information content (AvgIpc) is 2.46. The molecule has 1 aromatic heterocycles. The van der Waals surface area contributed by atoms with E-state index in [1.54, 1.807) is 0 Å². The van der Waals surface area contributed by atoms with Crippen molar-refractivity contribution in [1.82, 2.24) is 15.1 Å². The lowest BCUT2D eigenvalue weighted by atomic mass is 9.78. The molecule has 1 aromatic rings. The fourth-order valence-corrected chi connectivity index (χ4v) is 2.97. The van der Waals surface area contributed by atoms with Crippen molar-refractivity contribution in [3.05, 3.63) is 28.2 Å². The minimum atomic E-state index is -0.175. The fraction of sp³-hybridized carbons (Fsp3) is 0.688. The van der Waals surface area contributed by atoms with E-state index in [0.717, 1.165) is 19.3 Å². The van der Waals surface area contributed by atoms with Crippen LogP contribution in [0.15, 0.2) is 16.9 Å². The molecule has 0 bridgehead atoms. The molecular formula is C16H25N3O2. The van der Waals surface area contributed by atoms with Gasteiger partial charge in [0.2, 0.25) is 0 Å². The van der Waals surface area contributed by atoms with Crippen LogP contribution in [0.25, 0.3) is 0 Å². The first-order chi connectivity index (χ1) is 10.0. The summed E-state index contributed by atoms with van der Waals surface area (Å²) in [6.45, 7) is 6.95.